The second kappa shape index (κ2) is 6.40. The smallest absolute Gasteiger partial charge is 0.406 e. The molecule has 118 valence electrons. The van der Waals surface area contributed by atoms with Gasteiger partial charge in [-0.1, -0.05) is 50.2 Å². The van der Waals surface area contributed by atoms with Crippen molar-refractivity contribution in [2.24, 2.45) is 5.73 Å². The summed E-state index contributed by atoms with van der Waals surface area (Å²) in [7, 11) is 0. The number of hydrogen-bond acceptors (Lipinski definition) is 2. The first-order valence-electron chi connectivity index (χ1n) is 6.97. The highest BCUT2D eigenvalue weighted by Crippen LogP contribution is 2.26. The predicted molar refractivity (Wildman–Crippen MR) is 79.7 cm³/mol. The van der Waals surface area contributed by atoms with Crippen molar-refractivity contribution in [2.75, 3.05) is 0 Å². The maximum Gasteiger partial charge on any atom is 0.573 e. The van der Waals surface area contributed by atoms with E-state index >= 15 is 0 Å². The molecule has 0 radical (unpaired) electrons. The van der Waals surface area contributed by atoms with Gasteiger partial charge < -0.3 is 10.5 Å². The van der Waals surface area contributed by atoms with Crippen LogP contribution in [0.3, 0.4) is 0 Å². The Morgan fingerprint density at radius 1 is 0.818 bits per heavy atom. The third-order valence-corrected chi connectivity index (χ3v) is 3.44. The van der Waals surface area contributed by atoms with Gasteiger partial charge in [-0.3, -0.25) is 0 Å². The highest BCUT2D eigenvalue weighted by molar-refractivity contribution is 5.36. The molecule has 0 fully saturated rings. The monoisotopic (exact) mass is 309 g/mol. The van der Waals surface area contributed by atoms with Crippen LogP contribution in [-0.4, -0.2) is 6.36 Å². The minimum atomic E-state index is -4.68. The van der Waals surface area contributed by atoms with E-state index in [2.05, 4.69) is 18.6 Å². The lowest BCUT2D eigenvalue weighted by Gasteiger charge is -2.15. The number of benzene rings is 2. The summed E-state index contributed by atoms with van der Waals surface area (Å²) in [5, 5.41) is 0. The number of rotatable bonds is 4. The molecule has 0 saturated carbocycles. The van der Waals surface area contributed by atoms with E-state index in [9.17, 15) is 13.2 Å². The molecule has 22 heavy (non-hydrogen) atoms. The van der Waals surface area contributed by atoms with E-state index in [1.807, 2.05) is 24.3 Å². The summed E-state index contributed by atoms with van der Waals surface area (Å²) in [5.41, 5.74) is 9.01. The van der Waals surface area contributed by atoms with E-state index in [0.29, 0.717) is 5.92 Å². The first-order chi connectivity index (χ1) is 10.3. The summed E-state index contributed by atoms with van der Waals surface area (Å²) in [5.74, 6) is 0.183. The minimum absolute atomic E-state index is 0.251. The molecule has 0 aliphatic carbocycles. The van der Waals surface area contributed by atoms with Crippen LogP contribution in [0.15, 0.2) is 48.5 Å². The first-order valence-corrected chi connectivity index (χ1v) is 6.97. The van der Waals surface area contributed by atoms with E-state index < -0.39 is 6.36 Å². The van der Waals surface area contributed by atoms with Gasteiger partial charge in [-0.15, -0.1) is 13.2 Å². The van der Waals surface area contributed by atoms with Crippen LogP contribution in [0, 0.1) is 0 Å². The predicted octanol–water partition coefficient (Wildman–Crippen LogP) is 4.76. The van der Waals surface area contributed by atoms with Crippen LogP contribution in [0.2, 0.25) is 0 Å². The van der Waals surface area contributed by atoms with Gasteiger partial charge in [0.15, 0.2) is 0 Å². The fourth-order valence-electron chi connectivity index (χ4n) is 2.16. The van der Waals surface area contributed by atoms with Crippen molar-refractivity contribution in [2.45, 2.75) is 32.2 Å². The fourth-order valence-corrected chi connectivity index (χ4v) is 2.16. The van der Waals surface area contributed by atoms with Crippen LogP contribution >= 0.6 is 0 Å². The quantitative estimate of drug-likeness (QED) is 0.884. The van der Waals surface area contributed by atoms with Crippen molar-refractivity contribution in [3.05, 3.63) is 65.2 Å². The van der Waals surface area contributed by atoms with Crippen molar-refractivity contribution in [1.29, 1.82) is 0 Å². The largest absolute Gasteiger partial charge is 0.573 e. The first kappa shape index (κ1) is 16.4. The van der Waals surface area contributed by atoms with Gasteiger partial charge in [0.05, 0.1) is 6.04 Å². The summed E-state index contributed by atoms with van der Waals surface area (Å²) in [4.78, 5) is 0. The molecule has 1 unspecified atom stereocenters. The zero-order valence-corrected chi connectivity index (χ0v) is 12.4. The Hall–Kier alpha value is -2.01. The van der Waals surface area contributed by atoms with Crippen LogP contribution in [0.1, 0.15) is 42.5 Å². The lowest BCUT2D eigenvalue weighted by Crippen LogP contribution is -2.17. The van der Waals surface area contributed by atoms with Gasteiger partial charge in [-0.2, -0.15) is 0 Å². The summed E-state index contributed by atoms with van der Waals surface area (Å²) >= 11 is 0. The summed E-state index contributed by atoms with van der Waals surface area (Å²) < 4.78 is 40.2. The van der Waals surface area contributed by atoms with E-state index in [1.54, 1.807) is 12.1 Å². The molecule has 0 amide bonds. The molecule has 0 aliphatic heterocycles. The lowest BCUT2D eigenvalue weighted by atomic mass is 9.96. The molecular weight excluding hydrogens is 291 g/mol. The van der Waals surface area contributed by atoms with Crippen LogP contribution in [0.4, 0.5) is 13.2 Å². The molecule has 0 bridgehead atoms. The standard InChI is InChI=1S/C17H18F3NO/c1-11(2)12-3-5-13(6-4-12)16(21)14-7-9-15(10-8-14)22-17(18,19)20/h3-11,16H,21H2,1-2H3. The molecule has 2 N–H and O–H groups in total. The van der Waals surface area contributed by atoms with Crippen molar-refractivity contribution in [3.8, 4) is 5.75 Å². The van der Waals surface area contributed by atoms with Gasteiger partial charge in [-0.05, 0) is 34.7 Å². The van der Waals surface area contributed by atoms with E-state index in [1.165, 1.54) is 17.7 Å². The Morgan fingerprint density at radius 3 is 1.64 bits per heavy atom. The third kappa shape index (κ3) is 4.24. The van der Waals surface area contributed by atoms with Gasteiger partial charge >= 0.3 is 6.36 Å². The maximum atomic E-state index is 12.1. The van der Waals surface area contributed by atoms with Gasteiger partial charge in [0.2, 0.25) is 0 Å². The van der Waals surface area contributed by atoms with E-state index in [0.717, 1.165) is 11.1 Å². The summed E-state index contributed by atoms with van der Waals surface area (Å²) in [6, 6.07) is 13.2. The highest BCUT2D eigenvalue weighted by atomic mass is 19.4. The Morgan fingerprint density at radius 2 is 1.23 bits per heavy atom. The Balaban J connectivity index is 2.13. The number of halogens is 3. The van der Waals surface area contributed by atoms with Crippen LogP contribution in [-0.2, 0) is 0 Å². The highest BCUT2D eigenvalue weighted by Gasteiger charge is 2.31. The Labute approximate surface area is 127 Å². The average Bonchev–Trinajstić information content (AvgIpc) is 2.46. The van der Waals surface area contributed by atoms with Gasteiger partial charge in [-0.25, -0.2) is 0 Å². The molecule has 0 aliphatic rings. The topological polar surface area (TPSA) is 35.2 Å². The van der Waals surface area contributed by atoms with Crippen molar-refractivity contribution >= 4 is 0 Å². The molecule has 2 aromatic rings. The molecule has 0 saturated heterocycles. The molecule has 2 nitrogen and oxygen atoms in total. The molecular formula is C17H18F3NO. The number of ether oxygens (including phenoxy) is 1. The summed E-state index contributed by atoms with van der Waals surface area (Å²) in [6.07, 6.45) is -4.68. The molecule has 5 heteroatoms. The summed E-state index contributed by atoms with van der Waals surface area (Å²) in [6.45, 7) is 4.21. The Bertz CT molecular complexity index is 603. The number of hydrogen-bond donors (Lipinski definition) is 1. The SMILES string of the molecule is CC(C)c1ccc(C(N)c2ccc(OC(F)(F)F)cc2)cc1. The molecule has 2 aromatic carbocycles. The average molecular weight is 309 g/mol. The molecule has 0 heterocycles. The second-order valence-electron chi connectivity index (χ2n) is 5.42. The zero-order chi connectivity index (χ0) is 16.3. The van der Waals surface area contributed by atoms with Crippen molar-refractivity contribution in [3.63, 3.8) is 0 Å². The van der Waals surface area contributed by atoms with Gasteiger partial charge in [0.25, 0.3) is 0 Å². The molecule has 0 aromatic heterocycles. The van der Waals surface area contributed by atoms with E-state index in [-0.39, 0.29) is 11.8 Å². The second-order valence-corrected chi connectivity index (χ2v) is 5.42. The van der Waals surface area contributed by atoms with Crippen LogP contribution in [0.5, 0.6) is 5.75 Å². The zero-order valence-electron chi connectivity index (χ0n) is 12.4. The number of nitrogens with two attached hydrogens (primary N) is 1. The van der Waals surface area contributed by atoms with Crippen molar-refractivity contribution in [1.82, 2.24) is 0 Å². The maximum absolute atomic E-state index is 12.1. The lowest BCUT2D eigenvalue weighted by molar-refractivity contribution is -0.274. The molecule has 2 rings (SSSR count). The van der Waals surface area contributed by atoms with Gasteiger partial charge in [0, 0.05) is 0 Å². The minimum Gasteiger partial charge on any atom is -0.406 e. The molecule has 0 spiro atoms. The van der Waals surface area contributed by atoms with Crippen LogP contribution < -0.4 is 10.5 Å². The van der Waals surface area contributed by atoms with E-state index in [4.69, 9.17) is 5.73 Å². The molecule has 1 atom stereocenters. The fraction of sp³-hybridized carbons (Fsp3) is 0.294. The van der Waals surface area contributed by atoms with Crippen molar-refractivity contribution < 1.29 is 17.9 Å². The van der Waals surface area contributed by atoms with Gasteiger partial charge in [0.1, 0.15) is 5.75 Å². The Kier molecular flexibility index (Phi) is 4.76. The third-order valence-electron chi connectivity index (χ3n) is 3.44. The van der Waals surface area contributed by atoms with Crippen LogP contribution in [0.25, 0.3) is 0 Å². The normalized spacial score (nSPS) is 13.2. The number of alkyl halides is 3.